The highest BCUT2D eigenvalue weighted by atomic mass is 32.2. The molecule has 1 amide bonds. The molecule has 1 aliphatic rings. The van der Waals surface area contributed by atoms with Crippen molar-refractivity contribution in [1.29, 1.82) is 0 Å². The molecule has 4 rings (SSSR count). The quantitative estimate of drug-likeness (QED) is 0.609. The molecule has 0 aromatic heterocycles. The number of methoxy groups -OCH3 is 2. The van der Waals surface area contributed by atoms with Crippen LogP contribution in [0.5, 0.6) is 11.5 Å². The van der Waals surface area contributed by atoms with Gasteiger partial charge in [0, 0.05) is 23.4 Å². The van der Waals surface area contributed by atoms with E-state index < -0.39 is 10.0 Å². The minimum Gasteiger partial charge on any atom is -0.493 e. The zero-order valence-corrected chi connectivity index (χ0v) is 18.8. The van der Waals surface area contributed by atoms with Crippen LogP contribution in [0.4, 0.5) is 11.4 Å². The lowest BCUT2D eigenvalue weighted by molar-refractivity contribution is 0.102. The lowest BCUT2D eigenvalue weighted by Gasteiger charge is -2.24. The van der Waals surface area contributed by atoms with Crippen LogP contribution in [0.1, 0.15) is 22.8 Å². The fraction of sp³-hybridized carbons (Fsp3) is 0.208. The fourth-order valence-electron chi connectivity index (χ4n) is 3.93. The van der Waals surface area contributed by atoms with Crippen molar-refractivity contribution in [3.05, 3.63) is 77.9 Å². The molecule has 32 heavy (non-hydrogen) atoms. The highest BCUT2D eigenvalue weighted by Crippen LogP contribution is 2.37. The van der Waals surface area contributed by atoms with Crippen LogP contribution in [0.3, 0.4) is 0 Å². The number of ether oxygens (including phenoxy) is 2. The minimum absolute atomic E-state index is 0.245. The highest BCUT2D eigenvalue weighted by molar-refractivity contribution is 7.92. The normalized spacial score (nSPS) is 15.2. The van der Waals surface area contributed by atoms with E-state index in [2.05, 4.69) is 5.32 Å². The number of nitrogens with one attached hydrogen (secondary N) is 1. The molecule has 0 bridgehead atoms. The van der Waals surface area contributed by atoms with Crippen LogP contribution in [-0.4, -0.2) is 34.6 Å². The number of carbonyl (C=O) groups is 1. The third-order valence-corrected chi connectivity index (χ3v) is 7.38. The van der Waals surface area contributed by atoms with Crippen LogP contribution in [0.15, 0.2) is 71.6 Å². The van der Waals surface area contributed by atoms with Crippen molar-refractivity contribution >= 4 is 27.3 Å². The van der Waals surface area contributed by atoms with Gasteiger partial charge in [-0.2, -0.15) is 0 Å². The van der Waals surface area contributed by atoms with E-state index in [4.69, 9.17) is 9.47 Å². The molecule has 7 nitrogen and oxygen atoms in total. The number of amides is 1. The van der Waals surface area contributed by atoms with Crippen LogP contribution in [-0.2, 0) is 16.4 Å². The van der Waals surface area contributed by atoms with Gasteiger partial charge in [-0.3, -0.25) is 9.10 Å². The van der Waals surface area contributed by atoms with Gasteiger partial charge in [0.1, 0.15) is 0 Å². The maximum Gasteiger partial charge on any atom is 0.264 e. The van der Waals surface area contributed by atoms with Crippen LogP contribution in [0.2, 0.25) is 0 Å². The van der Waals surface area contributed by atoms with E-state index in [0.29, 0.717) is 34.9 Å². The average Bonchev–Trinajstić information content (AvgIpc) is 3.15. The van der Waals surface area contributed by atoms with Crippen molar-refractivity contribution in [3.63, 3.8) is 0 Å². The molecule has 1 aliphatic heterocycles. The van der Waals surface area contributed by atoms with Gasteiger partial charge >= 0.3 is 0 Å². The van der Waals surface area contributed by atoms with E-state index in [9.17, 15) is 13.2 Å². The Morgan fingerprint density at radius 1 is 0.969 bits per heavy atom. The Kier molecular flexibility index (Phi) is 5.80. The van der Waals surface area contributed by atoms with E-state index in [0.717, 1.165) is 5.56 Å². The number of hydrogen-bond acceptors (Lipinski definition) is 5. The number of carbonyl (C=O) groups excluding carboxylic acids is 1. The molecule has 0 unspecified atom stereocenters. The molecule has 3 aromatic carbocycles. The number of hydrogen-bond donors (Lipinski definition) is 1. The Labute approximate surface area is 187 Å². The minimum atomic E-state index is -3.69. The second kappa shape index (κ2) is 8.55. The van der Waals surface area contributed by atoms with Crippen molar-refractivity contribution in [2.45, 2.75) is 24.3 Å². The molecule has 0 saturated carbocycles. The molecule has 1 N–H and O–H groups in total. The first-order chi connectivity index (χ1) is 15.3. The Morgan fingerprint density at radius 2 is 1.69 bits per heavy atom. The Morgan fingerprint density at radius 3 is 2.38 bits per heavy atom. The number of sulfonamides is 1. The first kappa shape index (κ1) is 21.7. The van der Waals surface area contributed by atoms with Crippen molar-refractivity contribution in [3.8, 4) is 11.5 Å². The van der Waals surface area contributed by atoms with Crippen molar-refractivity contribution in [2.24, 2.45) is 0 Å². The van der Waals surface area contributed by atoms with E-state index in [-0.39, 0.29) is 16.8 Å². The average molecular weight is 453 g/mol. The summed E-state index contributed by atoms with van der Waals surface area (Å²) in [4.78, 5) is 13.1. The maximum atomic E-state index is 13.2. The summed E-state index contributed by atoms with van der Waals surface area (Å²) in [6.07, 6.45) is 0.527. The summed E-state index contributed by atoms with van der Waals surface area (Å²) in [5.74, 6) is 0.781. The van der Waals surface area contributed by atoms with E-state index in [1.165, 1.54) is 11.4 Å². The molecule has 0 radical (unpaired) electrons. The second-order valence-corrected chi connectivity index (χ2v) is 9.35. The predicted octanol–water partition coefficient (Wildman–Crippen LogP) is 4.10. The standard InChI is InChI=1S/C24H24N2O5S/c1-16-13-18-14-17(24(27)25-19-10-12-22(30-2)23(15-19)31-3)9-11-21(18)26(16)32(28,29)20-7-5-4-6-8-20/h4-12,14-16H,13H2,1-3H3,(H,25,27)/t16-/m0/s1. The second-order valence-electron chi connectivity index (χ2n) is 7.53. The molecule has 166 valence electrons. The summed E-state index contributed by atoms with van der Waals surface area (Å²) in [5.41, 5.74) is 2.43. The van der Waals surface area contributed by atoms with Crippen LogP contribution in [0, 0.1) is 0 Å². The Balaban J connectivity index is 1.60. The SMILES string of the molecule is COc1ccc(NC(=O)c2ccc3c(c2)C[C@H](C)N3S(=O)(=O)c2ccccc2)cc1OC. The van der Waals surface area contributed by atoms with Crippen molar-refractivity contribution in [2.75, 3.05) is 23.8 Å². The monoisotopic (exact) mass is 452 g/mol. The summed E-state index contributed by atoms with van der Waals surface area (Å²) in [7, 11) is -0.618. The zero-order chi connectivity index (χ0) is 22.9. The maximum absolute atomic E-state index is 13.2. The largest absolute Gasteiger partial charge is 0.493 e. The lowest BCUT2D eigenvalue weighted by Crippen LogP contribution is -2.35. The molecule has 0 spiro atoms. The summed E-state index contributed by atoms with van der Waals surface area (Å²) in [5, 5.41) is 2.85. The number of rotatable bonds is 6. The zero-order valence-electron chi connectivity index (χ0n) is 18.0. The molecular weight excluding hydrogens is 428 g/mol. The Hall–Kier alpha value is -3.52. The van der Waals surface area contributed by atoms with E-state index >= 15 is 0 Å². The third-order valence-electron chi connectivity index (χ3n) is 5.44. The van der Waals surface area contributed by atoms with E-state index in [1.54, 1.807) is 73.8 Å². The molecule has 1 atom stereocenters. The number of anilines is 2. The van der Waals surface area contributed by atoms with Gasteiger partial charge in [0.05, 0.1) is 24.8 Å². The topological polar surface area (TPSA) is 84.9 Å². The van der Waals surface area contributed by atoms with Gasteiger partial charge in [-0.15, -0.1) is 0 Å². The van der Waals surface area contributed by atoms with Crippen molar-refractivity contribution in [1.82, 2.24) is 0 Å². The lowest BCUT2D eigenvalue weighted by atomic mass is 10.1. The van der Waals surface area contributed by atoms with Gasteiger partial charge in [-0.1, -0.05) is 18.2 Å². The third kappa shape index (κ3) is 3.89. The first-order valence-corrected chi connectivity index (χ1v) is 11.5. The van der Waals surface area contributed by atoms with Gasteiger partial charge in [0.2, 0.25) is 0 Å². The smallest absolute Gasteiger partial charge is 0.264 e. The summed E-state index contributed by atoms with van der Waals surface area (Å²) >= 11 is 0. The summed E-state index contributed by atoms with van der Waals surface area (Å²) < 4.78 is 38.3. The number of nitrogens with zero attached hydrogens (tertiary/aromatic N) is 1. The van der Waals surface area contributed by atoms with Crippen LogP contribution >= 0.6 is 0 Å². The molecule has 3 aromatic rings. The van der Waals surface area contributed by atoms with Crippen LogP contribution < -0.4 is 19.1 Å². The van der Waals surface area contributed by atoms with Crippen LogP contribution in [0.25, 0.3) is 0 Å². The fourth-order valence-corrected chi connectivity index (χ4v) is 5.65. The molecule has 8 heteroatoms. The van der Waals surface area contributed by atoms with Gasteiger partial charge in [0.15, 0.2) is 11.5 Å². The van der Waals surface area contributed by atoms with Crippen molar-refractivity contribution < 1.29 is 22.7 Å². The molecule has 1 heterocycles. The summed E-state index contributed by atoms with van der Waals surface area (Å²) in [6.45, 7) is 1.86. The number of benzene rings is 3. The van der Waals surface area contributed by atoms with Gasteiger partial charge in [-0.25, -0.2) is 8.42 Å². The summed E-state index contributed by atoms with van der Waals surface area (Å²) in [6, 6.07) is 18.3. The Bertz CT molecular complexity index is 1260. The predicted molar refractivity (Wildman–Crippen MR) is 123 cm³/mol. The van der Waals surface area contributed by atoms with Gasteiger partial charge in [0.25, 0.3) is 15.9 Å². The molecule has 0 aliphatic carbocycles. The first-order valence-electron chi connectivity index (χ1n) is 10.1. The molecule has 0 fully saturated rings. The highest BCUT2D eigenvalue weighted by Gasteiger charge is 2.36. The van der Waals surface area contributed by atoms with Gasteiger partial charge in [-0.05, 0) is 61.4 Å². The van der Waals surface area contributed by atoms with E-state index in [1.807, 2.05) is 6.92 Å². The molecular formula is C24H24N2O5S. The molecule has 0 saturated heterocycles. The van der Waals surface area contributed by atoms with Gasteiger partial charge < -0.3 is 14.8 Å². The number of fused-ring (bicyclic) bond motifs is 1.